The number of hydrogen-bond acceptors (Lipinski definition) is 4. The van der Waals surface area contributed by atoms with E-state index in [2.05, 4.69) is 0 Å². The summed E-state index contributed by atoms with van der Waals surface area (Å²) in [6.45, 7) is 0. The molecule has 4 nitrogen and oxygen atoms in total. The monoisotopic (exact) mass is 334 g/mol. The van der Waals surface area contributed by atoms with Crippen LogP contribution in [0.15, 0.2) is 60.9 Å². The molecule has 0 amide bonds. The van der Waals surface area contributed by atoms with Gasteiger partial charge in [0, 0.05) is 16.5 Å². The molecule has 0 radical (unpaired) electrons. The summed E-state index contributed by atoms with van der Waals surface area (Å²) in [4.78, 5) is 0. The SMILES string of the molecule is COc1ccc2c3c(ccc2c1OC)OC=C(c1ccccc1)C3O. The van der Waals surface area contributed by atoms with Gasteiger partial charge < -0.3 is 19.3 Å². The number of aliphatic hydroxyl groups excluding tert-OH is 1. The second-order valence-electron chi connectivity index (χ2n) is 5.83. The fraction of sp³-hybridized carbons (Fsp3) is 0.143. The van der Waals surface area contributed by atoms with Crippen molar-refractivity contribution in [2.75, 3.05) is 14.2 Å². The van der Waals surface area contributed by atoms with Gasteiger partial charge in [0.25, 0.3) is 0 Å². The highest BCUT2D eigenvalue weighted by molar-refractivity contribution is 5.96. The van der Waals surface area contributed by atoms with Gasteiger partial charge in [-0.15, -0.1) is 0 Å². The van der Waals surface area contributed by atoms with Crippen LogP contribution in [0.1, 0.15) is 17.2 Å². The quantitative estimate of drug-likeness (QED) is 0.775. The van der Waals surface area contributed by atoms with Gasteiger partial charge >= 0.3 is 0 Å². The van der Waals surface area contributed by atoms with Gasteiger partial charge in [-0.1, -0.05) is 30.3 Å². The minimum Gasteiger partial charge on any atom is -0.493 e. The zero-order valence-electron chi connectivity index (χ0n) is 14.0. The molecule has 0 saturated carbocycles. The van der Waals surface area contributed by atoms with Crippen LogP contribution >= 0.6 is 0 Å². The first kappa shape index (κ1) is 15.5. The van der Waals surface area contributed by atoms with Crippen LogP contribution in [0.5, 0.6) is 17.2 Å². The Morgan fingerprint density at radius 1 is 0.880 bits per heavy atom. The minimum atomic E-state index is -0.784. The van der Waals surface area contributed by atoms with Gasteiger partial charge in [-0.2, -0.15) is 0 Å². The number of benzene rings is 3. The highest BCUT2D eigenvalue weighted by Crippen LogP contribution is 2.46. The van der Waals surface area contributed by atoms with Crippen LogP contribution in [0, 0.1) is 0 Å². The van der Waals surface area contributed by atoms with Crippen molar-refractivity contribution in [1.82, 2.24) is 0 Å². The molecule has 126 valence electrons. The van der Waals surface area contributed by atoms with E-state index in [0.29, 0.717) is 17.2 Å². The van der Waals surface area contributed by atoms with E-state index in [1.807, 2.05) is 54.6 Å². The van der Waals surface area contributed by atoms with E-state index in [0.717, 1.165) is 27.5 Å². The molecule has 1 unspecified atom stereocenters. The van der Waals surface area contributed by atoms with Gasteiger partial charge in [-0.25, -0.2) is 0 Å². The third-order valence-electron chi connectivity index (χ3n) is 4.53. The van der Waals surface area contributed by atoms with Crippen LogP contribution in [0.25, 0.3) is 16.3 Å². The van der Waals surface area contributed by atoms with E-state index in [1.54, 1.807) is 20.5 Å². The predicted molar refractivity (Wildman–Crippen MR) is 97.1 cm³/mol. The second-order valence-corrected chi connectivity index (χ2v) is 5.83. The third kappa shape index (κ3) is 2.42. The van der Waals surface area contributed by atoms with Crippen molar-refractivity contribution >= 4 is 16.3 Å². The largest absolute Gasteiger partial charge is 0.493 e. The van der Waals surface area contributed by atoms with Gasteiger partial charge in [0.1, 0.15) is 11.9 Å². The summed E-state index contributed by atoms with van der Waals surface area (Å²) in [7, 11) is 3.22. The smallest absolute Gasteiger partial charge is 0.168 e. The molecule has 0 spiro atoms. The Balaban J connectivity index is 1.91. The Hall–Kier alpha value is -2.98. The number of fused-ring (bicyclic) bond motifs is 3. The fourth-order valence-corrected chi connectivity index (χ4v) is 3.32. The van der Waals surface area contributed by atoms with E-state index in [1.165, 1.54) is 0 Å². The number of hydrogen-bond donors (Lipinski definition) is 1. The lowest BCUT2D eigenvalue weighted by Crippen LogP contribution is -2.10. The Morgan fingerprint density at radius 2 is 1.64 bits per heavy atom. The van der Waals surface area contributed by atoms with Gasteiger partial charge in [0.15, 0.2) is 11.5 Å². The van der Waals surface area contributed by atoms with Crippen LogP contribution in [0.3, 0.4) is 0 Å². The van der Waals surface area contributed by atoms with E-state index < -0.39 is 6.10 Å². The average molecular weight is 334 g/mol. The number of rotatable bonds is 3. The minimum absolute atomic E-state index is 0.644. The molecule has 25 heavy (non-hydrogen) atoms. The Morgan fingerprint density at radius 3 is 2.36 bits per heavy atom. The molecule has 0 saturated heterocycles. The van der Waals surface area contributed by atoms with E-state index >= 15 is 0 Å². The molecule has 0 bridgehead atoms. The number of methoxy groups -OCH3 is 2. The molecular weight excluding hydrogens is 316 g/mol. The molecule has 0 aliphatic carbocycles. The molecule has 4 heteroatoms. The van der Waals surface area contributed by atoms with Crippen LogP contribution in [0.2, 0.25) is 0 Å². The van der Waals surface area contributed by atoms with E-state index in [4.69, 9.17) is 14.2 Å². The molecule has 3 aromatic carbocycles. The van der Waals surface area contributed by atoms with Gasteiger partial charge in [0.2, 0.25) is 0 Å². The van der Waals surface area contributed by atoms with Crippen molar-refractivity contribution in [3.63, 3.8) is 0 Å². The van der Waals surface area contributed by atoms with Crippen molar-refractivity contribution in [3.05, 3.63) is 72.0 Å². The molecule has 1 heterocycles. The summed E-state index contributed by atoms with van der Waals surface area (Å²) in [6.07, 6.45) is 0.836. The predicted octanol–water partition coefficient (Wildman–Crippen LogP) is 4.32. The summed E-state index contributed by atoms with van der Waals surface area (Å²) in [6, 6.07) is 17.3. The normalized spacial score (nSPS) is 16.0. The lowest BCUT2D eigenvalue weighted by molar-refractivity contribution is 0.226. The zero-order chi connectivity index (χ0) is 17.4. The molecule has 1 N–H and O–H groups in total. The summed E-state index contributed by atoms with van der Waals surface area (Å²) in [5.74, 6) is 1.94. The fourth-order valence-electron chi connectivity index (χ4n) is 3.32. The summed E-state index contributed by atoms with van der Waals surface area (Å²) in [5, 5.41) is 12.8. The van der Waals surface area contributed by atoms with Crippen LogP contribution in [0.4, 0.5) is 0 Å². The molecule has 4 rings (SSSR count). The number of aliphatic hydroxyl groups is 1. The molecular formula is C21H18O4. The van der Waals surface area contributed by atoms with Crippen molar-refractivity contribution in [3.8, 4) is 17.2 Å². The summed E-state index contributed by atoms with van der Waals surface area (Å²) in [5.41, 5.74) is 2.40. The first-order valence-electron chi connectivity index (χ1n) is 8.02. The van der Waals surface area contributed by atoms with Crippen LogP contribution in [-0.2, 0) is 0 Å². The maximum atomic E-state index is 11.0. The van der Waals surface area contributed by atoms with Crippen LogP contribution in [-0.4, -0.2) is 19.3 Å². The molecule has 1 aliphatic rings. The molecule has 1 aliphatic heterocycles. The van der Waals surface area contributed by atoms with Gasteiger partial charge in [-0.05, 0) is 35.2 Å². The van der Waals surface area contributed by atoms with Crippen molar-refractivity contribution in [2.45, 2.75) is 6.10 Å². The molecule has 3 aromatic rings. The lowest BCUT2D eigenvalue weighted by Gasteiger charge is -2.25. The summed E-state index contributed by atoms with van der Waals surface area (Å²) >= 11 is 0. The van der Waals surface area contributed by atoms with E-state index in [-0.39, 0.29) is 0 Å². The number of ether oxygens (including phenoxy) is 3. The third-order valence-corrected chi connectivity index (χ3v) is 4.53. The lowest BCUT2D eigenvalue weighted by atomic mass is 9.90. The maximum Gasteiger partial charge on any atom is 0.168 e. The Labute approximate surface area is 145 Å². The standard InChI is InChI=1S/C21H18O4/c1-23-18-11-8-14-15(21(18)24-2)9-10-17-19(14)20(22)16(12-25-17)13-6-4-3-5-7-13/h3-12,20,22H,1-2H3. The van der Waals surface area contributed by atoms with Crippen molar-refractivity contribution in [2.24, 2.45) is 0 Å². The van der Waals surface area contributed by atoms with Crippen molar-refractivity contribution < 1.29 is 19.3 Å². The maximum absolute atomic E-state index is 11.0. The van der Waals surface area contributed by atoms with Gasteiger partial charge in [0.05, 0.1) is 20.5 Å². The highest BCUT2D eigenvalue weighted by atomic mass is 16.5. The van der Waals surface area contributed by atoms with Crippen LogP contribution < -0.4 is 14.2 Å². The topological polar surface area (TPSA) is 47.9 Å². The van der Waals surface area contributed by atoms with Gasteiger partial charge in [-0.3, -0.25) is 0 Å². The zero-order valence-corrected chi connectivity index (χ0v) is 14.0. The molecule has 0 fully saturated rings. The summed E-state index contributed by atoms with van der Waals surface area (Å²) < 4.78 is 16.7. The average Bonchev–Trinajstić information content (AvgIpc) is 2.67. The van der Waals surface area contributed by atoms with E-state index in [9.17, 15) is 5.11 Å². The second kappa shape index (κ2) is 6.15. The Kier molecular flexibility index (Phi) is 3.82. The first-order chi connectivity index (χ1) is 12.2. The first-order valence-corrected chi connectivity index (χ1v) is 8.02. The highest BCUT2D eigenvalue weighted by Gasteiger charge is 2.27. The Bertz CT molecular complexity index is 961. The molecule has 1 atom stereocenters. The van der Waals surface area contributed by atoms with Crippen molar-refractivity contribution in [1.29, 1.82) is 0 Å². The molecule has 0 aromatic heterocycles.